The van der Waals surface area contributed by atoms with Crippen molar-refractivity contribution in [3.05, 3.63) is 84.8 Å². The molecule has 0 aliphatic carbocycles. The van der Waals surface area contributed by atoms with Crippen LogP contribution in [0.15, 0.2) is 58.9 Å². The van der Waals surface area contributed by atoms with Gasteiger partial charge in [0.1, 0.15) is 22.0 Å². The molecule has 0 fully saturated rings. The topological polar surface area (TPSA) is 117 Å². The highest BCUT2D eigenvalue weighted by Gasteiger charge is 2.36. The zero-order valence-electron chi connectivity index (χ0n) is 20.3. The summed E-state index contributed by atoms with van der Waals surface area (Å²) in [4.78, 5) is 26.8. The van der Waals surface area contributed by atoms with Crippen molar-refractivity contribution in [3.8, 4) is 17.6 Å². The van der Waals surface area contributed by atoms with Gasteiger partial charge in [-0.2, -0.15) is 5.26 Å². The molecule has 0 bridgehead atoms. The van der Waals surface area contributed by atoms with Crippen molar-refractivity contribution in [2.75, 3.05) is 14.2 Å². The summed E-state index contributed by atoms with van der Waals surface area (Å²) in [7, 11) is 3.13. The largest absolute Gasteiger partial charge is 0.497 e. The van der Waals surface area contributed by atoms with Crippen LogP contribution in [0.25, 0.3) is 17.5 Å². The van der Waals surface area contributed by atoms with Crippen molar-refractivity contribution in [1.82, 2.24) is 4.57 Å². The first-order chi connectivity index (χ1) is 17.3. The molecule has 9 heteroatoms. The summed E-state index contributed by atoms with van der Waals surface area (Å²) in [6, 6.07) is 16.4. The summed E-state index contributed by atoms with van der Waals surface area (Å²) in [5, 5.41) is 10.1. The first-order valence-electron chi connectivity index (χ1n) is 11.2. The number of hydrogen-bond donors (Lipinski definition) is 1. The van der Waals surface area contributed by atoms with Gasteiger partial charge in [0.25, 0.3) is 5.56 Å². The maximum Gasteiger partial charge on any atom is 0.338 e. The number of methoxy groups -OCH3 is 2. The molecule has 0 spiro atoms. The van der Waals surface area contributed by atoms with Crippen LogP contribution < -0.4 is 30.0 Å². The lowest BCUT2D eigenvalue weighted by Gasteiger charge is -2.25. The number of nitrogens with zero attached hydrogens (tertiary/aromatic N) is 2. The van der Waals surface area contributed by atoms with Gasteiger partial charge in [-0.15, -0.1) is 11.3 Å². The third kappa shape index (κ3) is 4.51. The molecule has 2 N–H and O–H groups in total. The molecule has 1 atom stereocenters. The van der Waals surface area contributed by atoms with Crippen molar-refractivity contribution < 1.29 is 19.0 Å². The molecule has 1 aliphatic heterocycles. The van der Waals surface area contributed by atoms with Gasteiger partial charge in [-0.1, -0.05) is 24.3 Å². The minimum absolute atomic E-state index is 0.00922. The van der Waals surface area contributed by atoms with Crippen molar-refractivity contribution >= 4 is 34.8 Å². The average molecular weight is 504 g/mol. The standard InChI is InChI=1S/C27H25N3O5S/c1-15(2)35-27(32)23-22(17-7-11-19(34-4)12-8-17)20(14-28)24(29)30-25(31)21(36-26(23)30)13-16-5-9-18(33-3)10-6-16/h5-13,15,22H,29H2,1-4H3. The van der Waals surface area contributed by atoms with Gasteiger partial charge in [0.2, 0.25) is 0 Å². The van der Waals surface area contributed by atoms with Crippen LogP contribution in [0.1, 0.15) is 30.9 Å². The van der Waals surface area contributed by atoms with Gasteiger partial charge in [-0.05, 0) is 55.3 Å². The van der Waals surface area contributed by atoms with Crippen LogP contribution in [-0.2, 0) is 9.53 Å². The highest BCUT2D eigenvalue weighted by molar-refractivity contribution is 7.07. The van der Waals surface area contributed by atoms with Crippen LogP contribution in [0, 0.1) is 11.3 Å². The van der Waals surface area contributed by atoms with E-state index in [1.165, 1.54) is 4.57 Å². The number of ether oxygens (including phenoxy) is 3. The Kier molecular flexibility index (Phi) is 6.99. The number of hydrogen-bond acceptors (Lipinski definition) is 8. The second kappa shape index (κ2) is 10.1. The quantitative estimate of drug-likeness (QED) is 0.513. The van der Waals surface area contributed by atoms with Gasteiger partial charge >= 0.3 is 5.97 Å². The van der Waals surface area contributed by atoms with E-state index >= 15 is 0 Å². The van der Waals surface area contributed by atoms with E-state index in [0.29, 0.717) is 26.3 Å². The Labute approximate surface area is 211 Å². The third-order valence-corrected chi connectivity index (χ3v) is 6.80. The maximum atomic E-state index is 13.4. The van der Waals surface area contributed by atoms with Crippen molar-refractivity contribution in [1.29, 1.82) is 5.26 Å². The number of benzene rings is 2. The predicted molar refractivity (Wildman–Crippen MR) is 138 cm³/mol. The molecule has 36 heavy (non-hydrogen) atoms. The molecule has 3 aromatic rings. The highest BCUT2D eigenvalue weighted by Crippen LogP contribution is 2.37. The van der Waals surface area contributed by atoms with Crippen molar-refractivity contribution in [3.63, 3.8) is 0 Å². The molecule has 1 aromatic heterocycles. The van der Waals surface area contributed by atoms with Gasteiger partial charge in [0.05, 0.1) is 48.0 Å². The fourth-order valence-electron chi connectivity index (χ4n) is 4.00. The Morgan fingerprint density at radius 1 is 1.08 bits per heavy atom. The summed E-state index contributed by atoms with van der Waals surface area (Å²) >= 11 is 1.13. The SMILES string of the molecule is COc1ccc(C=c2sc3n(c2=O)C(N)=C(C#N)C(c2ccc(OC)cc2)C=3C(=O)OC(C)C)cc1. The average Bonchev–Trinajstić information content (AvgIpc) is 3.19. The lowest BCUT2D eigenvalue weighted by molar-refractivity contribution is -0.140. The fraction of sp³-hybridized carbons (Fsp3) is 0.222. The smallest absolute Gasteiger partial charge is 0.338 e. The summed E-state index contributed by atoms with van der Waals surface area (Å²) in [5.74, 6) is -0.114. The number of thiazole rings is 1. The van der Waals surface area contributed by atoms with Crippen LogP contribution >= 0.6 is 11.3 Å². The zero-order valence-corrected chi connectivity index (χ0v) is 21.1. The molecule has 1 aliphatic rings. The van der Waals surface area contributed by atoms with Crippen LogP contribution in [0.3, 0.4) is 0 Å². The number of rotatable bonds is 6. The Hall–Kier alpha value is -4.29. The minimum Gasteiger partial charge on any atom is -0.497 e. The number of fused-ring (bicyclic) bond motifs is 1. The molecule has 2 aromatic carbocycles. The molecule has 0 amide bonds. The normalized spacial score (nSPS) is 15.5. The number of carbonyl (C=O) groups is 1. The molecule has 2 heterocycles. The van der Waals surface area contributed by atoms with Gasteiger partial charge in [-0.25, -0.2) is 4.79 Å². The van der Waals surface area contributed by atoms with Crippen LogP contribution in [0.2, 0.25) is 0 Å². The monoisotopic (exact) mass is 503 g/mol. The number of allylic oxidation sites excluding steroid dienone is 1. The molecular weight excluding hydrogens is 478 g/mol. The zero-order chi connectivity index (χ0) is 26.0. The summed E-state index contributed by atoms with van der Waals surface area (Å²) in [6.07, 6.45) is 1.31. The van der Waals surface area contributed by atoms with E-state index in [-0.39, 0.29) is 17.0 Å². The molecule has 1 unspecified atom stereocenters. The first kappa shape index (κ1) is 24.8. The Morgan fingerprint density at radius 2 is 1.67 bits per heavy atom. The van der Waals surface area contributed by atoms with E-state index in [9.17, 15) is 14.9 Å². The van der Waals surface area contributed by atoms with Gasteiger partial charge in [-0.3, -0.25) is 9.36 Å². The summed E-state index contributed by atoms with van der Waals surface area (Å²) in [5.41, 5.74) is 7.69. The summed E-state index contributed by atoms with van der Waals surface area (Å²) in [6.45, 7) is 3.48. The third-order valence-electron chi connectivity index (χ3n) is 5.69. The predicted octanol–water partition coefficient (Wildman–Crippen LogP) is 2.31. The van der Waals surface area contributed by atoms with E-state index in [1.54, 1.807) is 70.5 Å². The Bertz CT molecular complexity index is 1560. The number of esters is 1. The van der Waals surface area contributed by atoms with Crippen LogP contribution in [0.5, 0.6) is 11.5 Å². The van der Waals surface area contributed by atoms with Crippen molar-refractivity contribution in [2.45, 2.75) is 25.9 Å². The molecule has 0 radical (unpaired) electrons. The number of nitrogens with two attached hydrogens (primary N) is 1. The van der Waals surface area contributed by atoms with E-state index in [1.807, 2.05) is 12.1 Å². The molecule has 0 saturated carbocycles. The molecule has 8 nitrogen and oxygen atoms in total. The van der Waals surface area contributed by atoms with Gasteiger partial charge in [0, 0.05) is 0 Å². The van der Waals surface area contributed by atoms with E-state index in [0.717, 1.165) is 16.9 Å². The van der Waals surface area contributed by atoms with Gasteiger partial charge < -0.3 is 19.9 Å². The highest BCUT2D eigenvalue weighted by atomic mass is 32.1. The first-order valence-corrected chi connectivity index (χ1v) is 12.0. The lowest BCUT2D eigenvalue weighted by Crippen LogP contribution is -2.40. The number of carbonyl (C=O) groups excluding carboxylic acids is 1. The molecule has 184 valence electrons. The van der Waals surface area contributed by atoms with Crippen LogP contribution in [-0.4, -0.2) is 30.9 Å². The Balaban J connectivity index is 2.03. The number of aromatic nitrogens is 1. The van der Waals surface area contributed by atoms with E-state index in [4.69, 9.17) is 19.9 Å². The number of nitriles is 1. The van der Waals surface area contributed by atoms with Crippen LogP contribution in [0.4, 0.5) is 0 Å². The van der Waals surface area contributed by atoms with E-state index in [2.05, 4.69) is 6.07 Å². The molecule has 4 rings (SSSR count). The molecule has 0 saturated heterocycles. The van der Waals surface area contributed by atoms with E-state index < -0.39 is 23.6 Å². The fourth-order valence-corrected chi connectivity index (χ4v) is 5.17. The minimum atomic E-state index is -0.806. The molecular formula is C27H25N3O5S. The Morgan fingerprint density at radius 3 is 2.19 bits per heavy atom. The summed E-state index contributed by atoms with van der Waals surface area (Å²) < 4.78 is 17.9. The second-order valence-electron chi connectivity index (χ2n) is 8.31. The van der Waals surface area contributed by atoms with Crippen molar-refractivity contribution in [2.24, 2.45) is 5.73 Å². The second-order valence-corrected chi connectivity index (χ2v) is 9.34. The van der Waals surface area contributed by atoms with Gasteiger partial charge in [0.15, 0.2) is 0 Å². The lowest BCUT2D eigenvalue weighted by atomic mass is 9.84. The maximum absolute atomic E-state index is 13.4.